The first-order valence-corrected chi connectivity index (χ1v) is 6.65. The number of para-hydroxylation sites is 1. The monoisotopic (exact) mass is 262 g/mol. The van der Waals surface area contributed by atoms with E-state index in [1.165, 1.54) is 0 Å². The van der Waals surface area contributed by atoms with E-state index in [-0.39, 0.29) is 0 Å². The van der Waals surface area contributed by atoms with Gasteiger partial charge in [-0.15, -0.1) is 0 Å². The lowest BCUT2D eigenvalue weighted by Gasteiger charge is -2.19. The first-order valence-electron chi connectivity index (χ1n) is 6.65. The van der Waals surface area contributed by atoms with Crippen molar-refractivity contribution in [2.45, 2.75) is 13.3 Å². The Labute approximate surface area is 115 Å². The molecule has 0 saturated carbocycles. The van der Waals surface area contributed by atoms with Gasteiger partial charge in [0.15, 0.2) is 0 Å². The number of rotatable bonds is 9. The fraction of sp³-hybridized carbons (Fsp3) is 0.533. The van der Waals surface area contributed by atoms with E-state index in [1.54, 1.807) is 13.2 Å². The van der Waals surface area contributed by atoms with Gasteiger partial charge in [0.2, 0.25) is 0 Å². The minimum absolute atomic E-state index is 0.592. The Balaban J connectivity index is 2.28. The molecule has 0 saturated heterocycles. The molecule has 0 aliphatic heterocycles. The summed E-state index contributed by atoms with van der Waals surface area (Å²) < 4.78 is 10.7. The lowest BCUT2D eigenvalue weighted by Crippen LogP contribution is -2.29. The Morgan fingerprint density at radius 2 is 2.00 bits per heavy atom. The number of methoxy groups -OCH3 is 1. The molecule has 1 rings (SSSR count). The Hall–Kier alpha value is -1.57. The van der Waals surface area contributed by atoms with Crippen molar-refractivity contribution in [1.29, 1.82) is 5.26 Å². The van der Waals surface area contributed by atoms with Crippen LogP contribution in [-0.4, -0.2) is 44.9 Å². The van der Waals surface area contributed by atoms with Crippen molar-refractivity contribution in [1.82, 2.24) is 4.90 Å². The molecule has 4 nitrogen and oxygen atoms in total. The zero-order valence-corrected chi connectivity index (χ0v) is 11.8. The zero-order valence-electron chi connectivity index (χ0n) is 11.8. The number of benzene rings is 1. The average molecular weight is 262 g/mol. The molecule has 0 atom stereocenters. The average Bonchev–Trinajstić information content (AvgIpc) is 2.47. The third-order valence-corrected chi connectivity index (χ3v) is 2.94. The van der Waals surface area contributed by atoms with Crippen LogP contribution in [0.1, 0.15) is 18.9 Å². The quantitative estimate of drug-likeness (QED) is 0.641. The third-order valence-electron chi connectivity index (χ3n) is 2.94. The Morgan fingerprint density at radius 1 is 1.21 bits per heavy atom. The van der Waals surface area contributed by atoms with E-state index in [0.29, 0.717) is 17.9 Å². The molecule has 0 aliphatic carbocycles. The molecule has 0 N–H and O–H groups in total. The Bertz CT molecular complexity index is 401. The van der Waals surface area contributed by atoms with Crippen LogP contribution >= 0.6 is 0 Å². The summed E-state index contributed by atoms with van der Waals surface area (Å²) in [6.07, 6.45) is 0.942. The SMILES string of the molecule is CCN(CCCOc1ccccc1C#N)CCOC. The summed E-state index contributed by atoms with van der Waals surface area (Å²) in [5, 5.41) is 8.95. The number of nitrogens with zero attached hydrogens (tertiary/aromatic N) is 2. The largest absolute Gasteiger partial charge is 0.492 e. The summed E-state index contributed by atoms with van der Waals surface area (Å²) in [5.41, 5.74) is 0.592. The molecule has 0 heterocycles. The highest BCUT2D eigenvalue weighted by Gasteiger charge is 2.03. The van der Waals surface area contributed by atoms with Crippen LogP contribution in [0.25, 0.3) is 0 Å². The highest BCUT2D eigenvalue weighted by molar-refractivity contribution is 5.42. The fourth-order valence-corrected chi connectivity index (χ4v) is 1.80. The lowest BCUT2D eigenvalue weighted by molar-refractivity contribution is 0.146. The maximum Gasteiger partial charge on any atom is 0.137 e. The van der Waals surface area contributed by atoms with Gasteiger partial charge < -0.3 is 14.4 Å². The number of ether oxygens (including phenoxy) is 2. The minimum atomic E-state index is 0.592. The maximum atomic E-state index is 8.95. The molecule has 1 aromatic rings. The first kappa shape index (κ1) is 15.5. The van der Waals surface area contributed by atoms with Crippen LogP contribution in [-0.2, 0) is 4.74 Å². The number of likely N-dealkylation sites (N-methyl/N-ethyl adjacent to an activating group) is 1. The van der Waals surface area contributed by atoms with E-state index in [4.69, 9.17) is 14.7 Å². The van der Waals surface area contributed by atoms with Crippen molar-refractivity contribution in [2.75, 3.05) is 40.0 Å². The van der Waals surface area contributed by atoms with Crippen molar-refractivity contribution in [3.8, 4) is 11.8 Å². The van der Waals surface area contributed by atoms with Gasteiger partial charge in [0, 0.05) is 20.2 Å². The Kier molecular flexibility index (Phi) is 7.64. The minimum Gasteiger partial charge on any atom is -0.492 e. The molecule has 4 heteroatoms. The van der Waals surface area contributed by atoms with Crippen LogP contribution in [0.15, 0.2) is 24.3 Å². The van der Waals surface area contributed by atoms with Gasteiger partial charge in [-0.1, -0.05) is 19.1 Å². The van der Waals surface area contributed by atoms with Gasteiger partial charge in [0.25, 0.3) is 0 Å². The summed E-state index contributed by atoms with van der Waals surface area (Å²) in [4.78, 5) is 2.32. The number of hydrogen-bond acceptors (Lipinski definition) is 4. The number of hydrogen-bond donors (Lipinski definition) is 0. The summed E-state index contributed by atoms with van der Waals surface area (Å²) in [7, 11) is 1.72. The van der Waals surface area contributed by atoms with Crippen molar-refractivity contribution in [2.24, 2.45) is 0 Å². The second kappa shape index (κ2) is 9.37. The standard InChI is InChI=1S/C15H22N2O2/c1-3-17(10-12-18-2)9-6-11-19-15-8-5-4-7-14(15)13-16/h4-5,7-8H,3,6,9-12H2,1-2H3. The summed E-state index contributed by atoms with van der Waals surface area (Å²) in [6.45, 7) is 6.46. The molecule has 0 aliphatic rings. The van der Waals surface area contributed by atoms with Crippen LogP contribution in [0.4, 0.5) is 0 Å². The van der Waals surface area contributed by atoms with E-state index in [2.05, 4.69) is 17.9 Å². The molecule has 0 spiro atoms. The summed E-state index contributed by atoms with van der Waals surface area (Å²) in [6, 6.07) is 9.46. The second-order valence-electron chi connectivity index (χ2n) is 4.24. The molecule has 0 amide bonds. The first-order chi connectivity index (χ1) is 9.31. The predicted molar refractivity (Wildman–Crippen MR) is 75.3 cm³/mol. The molecule has 0 fully saturated rings. The van der Waals surface area contributed by atoms with Gasteiger partial charge in [0.05, 0.1) is 18.8 Å². The molecule has 0 radical (unpaired) electrons. The highest BCUT2D eigenvalue weighted by Crippen LogP contribution is 2.16. The van der Waals surface area contributed by atoms with Crippen molar-refractivity contribution >= 4 is 0 Å². The van der Waals surface area contributed by atoms with Crippen LogP contribution in [0.5, 0.6) is 5.75 Å². The lowest BCUT2D eigenvalue weighted by atomic mass is 10.2. The molecule has 104 valence electrons. The molecule has 0 aromatic heterocycles. The van der Waals surface area contributed by atoms with Gasteiger partial charge in [-0.2, -0.15) is 5.26 Å². The second-order valence-corrected chi connectivity index (χ2v) is 4.24. The smallest absolute Gasteiger partial charge is 0.137 e. The van der Waals surface area contributed by atoms with Crippen LogP contribution in [0.2, 0.25) is 0 Å². The van der Waals surface area contributed by atoms with E-state index in [1.807, 2.05) is 18.2 Å². The maximum absolute atomic E-state index is 8.95. The topological polar surface area (TPSA) is 45.5 Å². The van der Waals surface area contributed by atoms with Crippen molar-refractivity contribution in [3.63, 3.8) is 0 Å². The molecule has 1 aromatic carbocycles. The fourth-order valence-electron chi connectivity index (χ4n) is 1.80. The van der Waals surface area contributed by atoms with E-state index < -0.39 is 0 Å². The molecule has 0 unspecified atom stereocenters. The zero-order chi connectivity index (χ0) is 13.9. The molecule has 19 heavy (non-hydrogen) atoms. The van der Waals surface area contributed by atoms with Gasteiger partial charge >= 0.3 is 0 Å². The van der Waals surface area contributed by atoms with E-state index in [0.717, 1.165) is 32.7 Å². The number of nitriles is 1. The van der Waals surface area contributed by atoms with Crippen molar-refractivity contribution < 1.29 is 9.47 Å². The third kappa shape index (κ3) is 5.73. The summed E-state index contributed by atoms with van der Waals surface area (Å²) in [5.74, 6) is 0.671. The Morgan fingerprint density at radius 3 is 2.68 bits per heavy atom. The normalized spacial score (nSPS) is 10.4. The van der Waals surface area contributed by atoms with Crippen molar-refractivity contribution in [3.05, 3.63) is 29.8 Å². The van der Waals surface area contributed by atoms with Gasteiger partial charge in [-0.3, -0.25) is 0 Å². The highest BCUT2D eigenvalue weighted by atomic mass is 16.5. The van der Waals surface area contributed by atoms with Gasteiger partial charge in [-0.25, -0.2) is 0 Å². The van der Waals surface area contributed by atoms with Gasteiger partial charge in [-0.05, 0) is 25.1 Å². The van der Waals surface area contributed by atoms with Crippen LogP contribution in [0, 0.1) is 11.3 Å². The van der Waals surface area contributed by atoms with E-state index >= 15 is 0 Å². The predicted octanol–water partition coefficient (Wildman–Crippen LogP) is 2.30. The summed E-state index contributed by atoms with van der Waals surface area (Å²) >= 11 is 0. The molecular weight excluding hydrogens is 240 g/mol. The van der Waals surface area contributed by atoms with Gasteiger partial charge in [0.1, 0.15) is 11.8 Å². The van der Waals surface area contributed by atoms with Crippen LogP contribution < -0.4 is 4.74 Å². The van der Waals surface area contributed by atoms with E-state index in [9.17, 15) is 0 Å². The molecular formula is C15H22N2O2. The van der Waals surface area contributed by atoms with Crippen LogP contribution in [0.3, 0.4) is 0 Å². The molecule has 0 bridgehead atoms.